The highest BCUT2D eigenvalue weighted by Crippen LogP contribution is 2.30. The molecule has 4 nitrogen and oxygen atoms in total. The van der Waals surface area contributed by atoms with Gasteiger partial charge in [0.05, 0.1) is 19.1 Å². The molecule has 1 rings (SSSR count). The molecular formula is C9H11F2NO3. The maximum Gasteiger partial charge on any atom is 0.379 e. The zero-order valence-electron chi connectivity index (χ0n) is 8.07. The minimum Gasteiger partial charge on any atom is -0.472 e. The number of nitrogens with two attached hydrogens (primary N) is 1. The number of rotatable bonds is 4. The summed E-state index contributed by atoms with van der Waals surface area (Å²) in [6.07, 6.45) is 2.27. The van der Waals surface area contributed by atoms with Crippen LogP contribution in [0.2, 0.25) is 0 Å². The fourth-order valence-corrected chi connectivity index (χ4v) is 1.02. The number of furan rings is 1. The molecule has 0 saturated heterocycles. The van der Waals surface area contributed by atoms with Crippen LogP contribution >= 0.6 is 0 Å². The second kappa shape index (κ2) is 4.39. The van der Waals surface area contributed by atoms with Gasteiger partial charge in [0.1, 0.15) is 6.04 Å². The van der Waals surface area contributed by atoms with Crippen LogP contribution in [-0.4, -0.2) is 18.5 Å². The Balaban J connectivity index is 2.81. The number of ether oxygens (including phenoxy) is 1. The van der Waals surface area contributed by atoms with Crippen molar-refractivity contribution in [3.05, 3.63) is 24.2 Å². The van der Waals surface area contributed by atoms with E-state index in [4.69, 9.17) is 5.73 Å². The molecule has 0 aromatic carbocycles. The lowest BCUT2D eigenvalue weighted by molar-refractivity contribution is -0.174. The third kappa shape index (κ3) is 2.33. The van der Waals surface area contributed by atoms with E-state index in [1.54, 1.807) is 0 Å². The van der Waals surface area contributed by atoms with E-state index in [0.29, 0.717) is 0 Å². The summed E-state index contributed by atoms with van der Waals surface area (Å²) >= 11 is 0. The van der Waals surface area contributed by atoms with Crippen molar-refractivity contribution in [3.63, 3.8) is 0 Å². The Labute approximate surface area is 85.0 Å². The molecule has 0 aliphatic carbocycles. The molecule has 0 radical (unpaired) electrons. The number of hydrogen-bond donors (Lipinski definition) is 1. The predicted octanol–water partition coefficient (Wildman–Crippen LogP) is 1.48. The molecule has 6 heteroatoms. The Morgan fingerprint density at radius 3 is 2.87 bits per heavy atom. The zero-order valence-corrected chi connectivity index (χ0v) is 8.07. The van der Waals surface area contributed by atoms with Crippen molar-refractivity contribution in [3.8, 4) is 0 Å². The van der Waals surface area contributed by atoms with E-state index in [1.165, 1.54) is 19.3 Å². The third-order valence-corrected chi connectivity index (χ3v) is 1.84. The Bertz CT molecular complexity index is 324. The van der Waals surface area contributed by atoms with E-state index >= 15 is 0 Å². The van der Waals surface area contributed by atoms with Gasteiger partial charge in [0.25, 0.3) is 0 Å². The van der Waals surface area contributed by atoms with Crippen LogP contribution in [0, 0.1) is 0 Å². The van der Waals surface area contributed by atoms with E-state index in [-0.39, 0.29) is 12.2 Å². The molecule has 0 aliphatic rings. The minimum absolute atomic E-state index is 0.0491. The average molecular weight is 219 g/mol. The first-order chi connectivity index (χ1) is 7.00. The zero-order chi connectivity index (χ0) is 11.5. The Hall–Kier alpha value is -1.43. The quantitative estimate of drug-likeness (QED) is 0.779. The molecule has 0 bridgehead atoms. The molecule has 1 atom stereocenters. The van der Waals surface area contributed by atoms with Gasteiger partial charge >= 0.3 is 11.9 Å². The van der Waals surface area contributed by atoms with Gasteiger partial charge in [-0.15, -0.1) is 0 Å². The summed E-state index contributed by atoms with van der Waals surface area (Å²) in [5.41, 5.74) is 5.29. The maximum atomic E-state index is 13.3. The highest BCUT2D eigenvalue weighted by atomic mass is 19.3. The summed E-state index contributed by atoms with van der Waals surface area (Å²) in [4.78, 5) is 10.9. The van der Waals surface area contributed by atoms with Crippen molar-refractivity contribution in [2.75, 3.05) is 6.61 Å². The van der Waals surface area contributed by atoms with Crippen LogP contribution in [0.25, 0.3) is 0 Å². The molecule has 0 aliphatic heterocycles. The van der Waals surface area contributed by atoms with Gasteiger partial charge in [0, 0.05) is 5.56 Å². The second-order valence-corrected chi connectivity index (χ2v) is 2.88. The second-order valence-electron chi connectivity index (χ2n) is 2.88. The summed E-state index contributed by atoms with van der Waals surface area (Å²) in [6.45, 7) is 1.32. The van der Waals surface area contributed by atoms with Crippen molar-refractivity contribution in [2.24, 2.45) is 5.73 Å². The number of alkyl halides is 2. The summed E-state index contributed by atoms with van der Waals surface area (Å²) in [5, 5.41) is 0. The molecule has 0 fully saturated rings. The van der Waals surface area contributed by atoms with Gasteiger partial charge < -0.3 is 14.9 Å². The standard InChI is InChI=1S/C9H11F2NO3/c1-2-15-8(13)9(10,11)7(12)6-3-4-14-5-6/h3-5,7H,2,12H2,1H3/t7-/m0/s1. The van der Waals surface area contributed by atoms with Crippen LogP contribution in [-0.2, 0) is 9.53 Å². The van der Waals surface area contributed by atoms with Gasteiger partial charge in [0.2, 0.25) is 0 Å². The van der Waals surface area contributed by atoms with Crippen LogP contribution in [0.15, 0.2) is 23.0 Å². The molecule has 0 spiro atoms. The molecule has 15 heavy (non-hydrogen) atoms. The number of halogens is 2. The summed E-state index contributed by atoms with van der Waals surface area (Å²) in [5.74, 6) is -5.38. The molecule has 1 heterocycles. The maximum absolute atomic E-state index is 13.3. The van der Waals surface area contributed by atoms with Gasteiger partial charge in [0.15, 0.2) is 0 Å². The molecule has 0 saturated carbocycles. The molecule has 0 unspecified atom stereocenters. The Morgan fingerprint density at radius 2 is 2.40 bits per heavy atom. The topological polar surface area (TPSA) is 65.5 Å². The van der Waals surface area contributed by atoms with Crippen molar-refractivity contribution in [1.82, 2.24) is 0 Å². The summed E-state index contributed by atoms with van der Waals surface area (Å²) in [7, 11) is 0. The molecular weight excluding hydrogens is 208 g/mol. The van der Waals surface area contributed by atoms with Gasteiger partial charge in [-0.1, -0.05) is 0 Å². The number of esters is 1. The Morgan fingerprint density at radius 1 is 1.73 bits per heavy atom. The lowest BCUT2D eigenvalue weighted by Crippen LogP contribution is -2.41. The van der Waals surface area contributed by atoms with E-state index in [1.807, 2.05) is 0 Å². The molecule has 0 amide bonds. The highest BCUT2D eigenvalue weighted by Gasteiger charge is 2.48. The first-order valence-corrected chi connectivity index (χ1v) is 4.32. The normalized spacial score (nSPS) is 13.6. The van der Waals surface area contributed by atoms with Crippen LogP contribution in [0.4, 0.5) is 8.78 Å². The van der Waals surface area contributed by atoms with E-state index < -0.39 is 17.9 Å². The molecule has 1 aromatic heterocycles. The van der Waals surface area contributed by atoms with Gasteiger partial charge in [-0.05, 0) is 13.0 Å². The minimum atomic E-state index is -3.75. The fourth-order valence-electron chi connectivity index (χ4n) is 1.02. The first-order valence-electron chi connectivity index (χ1n) is 4.32. The van der Waals surface area contributed by atoms with Crippen molar-refractivity contribution in [2.45, 2.75) is 18.9 Å². The number of carbonyl (C=O) groups excluding carboxylic acids is 1. The smallest absolute Gasteiger partial charge is 0.379 e. The van der Waals surface area contributed by atoms with Gasteiger partial charge in [-0.3, -0.25) is 0 Å². The summed E-state index contributed by atoms with van der Waals surface area (Å²) < 4.78 is 35.5. The van der Waals surface area contributed by atoms with Crippen LogP contribution in [0.5, 0.6) is 0 Å². The van der Waals surface area contributed by atoms with Crippen molar-refractivity contribution in [1.29, 1.82) is 0 Å². The largest absolute Gasteiger partial charge is 0.472 e. The lowest BCUT2D eigenvalue weighted by atomic mass is 10.1. The molecule has 2 N–H and O–H groups in total. The average Bonchev–Trinajstić information content (AvgIpc) is 2.69. The van der Waals surface area contributed by atoms with Crippen molar-refractivity contribution < 1.29 is 22.7 Å². The van der Waals surface area contributed by atoms with Crippen LogP contribution < -0.4 is 5.73 Å². The van der Waals surface area contributed by atoms with Crippen LogP contribution in [0.3, 0.4) is 0 Å². The van der Waals surface area contributed by atoms with Crippen LogP contribution in [0.1, 0.15) is 18.5 Å². The number of hydrogen-bond acceptors (Lipinski definition) is 4. The molecule has 1 aromatic rings. The predicted molar refractivity (Wildman–Crippen MR) is 47.2 cm³/mol. The lowest BCUT2D eigenvalue weighted by Gasteiger charge is -2.20. The first kappa shape index (κ1) is 11.6. The SMILES string of the molecule is CCOC(=O)C(F)(F)[C@@H](N)c1ccoc1. The third-order valence-electron chi connectivity index (χ3n) is 1.84. The van der Waals surface area contributed by atoms with Crippen molar-refractivity contribution >= 4 is 5.97 Å². The fraction of sp³-hybridized carbons (Fsp3) is 0.444. The highest BCUT2D eigenvalue weighted by molar-refractivity contribution is 5.78. The van der Waals surface area contributed by atoms with Gasteiger partial charge in [-0.2, -0.15) is 8.78 Å². The van der Waals surface area contributed by atoms with E-state index in [9.17, 15) is 13.6 Å². The summed E-state index contributed by atoms with van der Waals surface area (Å²) in [6, 6.07) is -0.479. The van der Waals surface area contributed by atoms with E-state index in [2.05, 4.69) is 9.15 Å². The number of carbonyl (C=O) groups is 1. The van der Waals surface area contributed by atoms with E-state index in [0.717, 1.165) is 6.26 Å². The monoisotopic (exact) mass is 219 g/mol. The van der Waals surface area contributed by atoms with Gasteiger partial charge in [-0.25, -0.2) is 4.79 Å². The molecule has 84 valence electrons. The Kier molecular flexibility index (Phi) is 3.41.